The van der Waals surface area contributed by atoms with Crippen molar-refractivity contribution >= 4 is 44.6 Å². The third-order valence-corrected chi connectivity index (χ3v) is 14.8. The van der Waals surface area contributed by atoms with Crippen LogP contribution in [0.1, 0.15) is 157 Å². The Hall–Kier alpha value is -6.33. The SMILES string of the molecule is CC(C)(C)c1cc(Oc2ccc3c4cc(C(C)(C)C)ccc4n(-c4cc(C(C)(C)C)ccn4)c3c2)cc(N2CN(c3cc(C(C)(C)C)cc(C(C)(C)C)c3)c3cc(C(C)(C)c4ccccc4)ccc32)c1. The van der Waals surface area contributed by atoms with E-state index in [9.17, 15) is 0 Å². The van der Waals surface area contributed by atoms with E-state index in [-0.39, 0.29) is 32.5 Å². The molecule has 0 aliphatic carbocycles. The van der Waals surface area contributed by atoms with Crippen LogP contribution in [0.4, 0.5) is 22.7 Å². The summed E-state index contributed by atoms with van der Waals surface area (Å²) in [6.07, 6.45) is 1.95. The number of hydrogen-bond donors (Lipinski definition) is 0. The molecule has 9 rings (SSSR count). The summed E-state index contributed by atoms with van der Waals surface area (Å²) in [7, 11) is 0. The summed E-state index contributed by atoms with van der Waals surface area (Å²) in [5.74, 6) is 2.49. The van der Waals surface area contributed by atoms with Crippen LogP contribution in [0, 0.1) is 0 Å². The molecular formula is C65H76N4O. The van der Waals surface area contributed by atoms with Crippen LogP contribution in [-0.4, -0.2) is 16.2 Å². The van der Waals surface area contributed by atoms with Crippen LogP contribution >= 0.6 is 0 Å². The minimum Gasteiger partial charge on any atom is -0.457 e. The Balaban J connectivity index is 1.19. The molecule has 70 heavy (non-hydrogen) atoms. The number of benzene rings is 6. The van der Waals surface area contributed by atoms with Crippen LogP contribution in [0.15, 0.2) is 140 Å². The zero-order valence-corrected chi connectivity index (χ0v) is 45.2. The lowest BCUT2D eigenvalue weighted by Crippen LogP contribution is -2.26. The molecule has 0 unspecified atom stereocenters. The molecule has 6 aromatic carbocycles. The molecule has 1 aliphatic rings. The second-order valence-electron chi connectivity index (χ2n) is 25.7. The van der Waals surface area contributed by atoms with Crippen molar-refractivity contribution in [1.29, 1.82) is 0 Å². The zero-order valence-electron chi connectivity index (χ0n) is 45.2. The maximum absolute atomic E-state index is 7.11. The summed E-state index contributed by atoms with van der Waals surface area (Å²) in [6.45, 7) is 39.8. The van der Waals surface area contributed by atoms with Crippen LogP contribution in [0.25, 0.3) is 27.6 Å². The minimum absolute atomic E-state index is 0.00556. The summed E-state index contributed by atoms with van der Waals surface area (Å²) in [5, 5.41) is 2.39. The second-order valence-corrected chi connectivity index (χ2v) is 25.7. The first kappa shape index (κ1) is 48.7. The summed E-state index contributed by atoms with van der Waals surface area (Å²) in [5.41, 5.74) is 15.5. The number of pyridine rings is 1. The van der Waals surface area contributed by atoms with Gasteiger partial charge in [0.05, 0.1) is 22.4 Å². The number of aromatic nitrogens is 2. The Morgan fingerprint density at radius 2 is 0.943 bits per heavy atom. The van der Waals surface area contributed by atoms with Gasteiger partial charge in [0.15, 0.2) is 0 Å². The van der Waals surface area contributed by atoms with Crippen LogP contribution < -0.4 is 14.5 Å². The summed E-state index contributed by atoms with van der Waals surface area (Å²) in [4.78, 5) is 10.0. The Kier molecular flexibility index (Phi) is 11.8. The van der Waals surface area contributed by atoms with E-state index in [4.69, 9.17) is 9.72 Å². The van der Waals surface area contributed by atoms with Gasteiger partial charge in [0, 0.05) is 45.9 Å². The lowest BCUT2D eigenvalue weighted by atomic mass is 9.78. The van der Waals surface area contributed by atoms with Gasteiger partial charge in [0.25, 0.3) is 0 Å². The summed E-state index contributed by atoms with van der Waals surface area (Å²) < 4.78 is 9.43. The summed E-state index contributed by atoms with van der Waals surface area (Å²) >= 11 is 0. The zero-order chi connectivity index (χ0) is 50.5. The van der Waals surface area contributed by atoms with Crippen molar-refractivity contribution in [3.63, 3.8) is 0 Å². The van der Waals surface area contributed by atoms with Crippen LogP contribution in [0.3, 0.4) is 0 Å². The molecule has 8 aromatic rings. The van der Waals surface area contributed by atoms with Gasteiger partial charge < -0.3 is 14.5 Å². The highest BCUT2D eigenvalue weighted by molar-refractivity contribution is 6.10. The Bertz CT molecular complexity index is 3230. The fourth-order valence-corrected chi connectivity index (χ4v) is 9.90. The highest BCUT2D eigenvalue weighted by atomic mass is 16.5. The number of nitrogens with zero attached hydrogens (tertiary/aromatic N) is 4. The first-order chi connectivity index (χ1) is 32.6. The first-order valence-corrected chi connectivity index (χ1v) is 25.4. The molecule has 0 atom stereocenters. The predicted octanol–water partition coefficient (Wildman–Crippen LogP) is 18.0. The van der Waals surface area contributed by atoms with Gasteiger partial charge in [-0.1, -0.05) is 166 Å². The second kappa shape index (κ2) is 16.9. The van der Waals surface area contributed by atoms with E-state index in [1.165, 1.54) is 66.8 Å². The largest absolute Gasteiger partial charge is 0.457 e. The van der Waals surface area contributed by atoms with Crippen molar-refractivity contribution in [3.8, 4) is 17.3 Å². The molecule has 2 aromatic heterocycles. The summed E-state index contributed by atoms with van der Waals surface area (Å²) in [6, 6.07) is 50.0. The maximum Gasteiger partial charge on any atom is 0.137 e. The van der Waals surface area contributed by atoms with E-state index in [2.05, 4.69) is 266 Å². The normalized spacial score (nSPS) is 14.0. The van der Waals surface area contributed by atoms with Crippen molar-refractivity contribution in [2.45, 2.75) is 150 Å². The molecule has 3 heterocycles. The molecule has 0 radical (unpaired) electrons. The average Bonchev–Trinajstić information content (AvgIpc) is 3.83. The van der Waals surface area contributed by atoms with E-state index >= 15 is 0 Å². The van der Waals surface area contributed by atoms with Gasteiger partial charge in [0.2, 0.25) is 0 Å². The van der Waals surface area contributed by atoms with Crippen LogP contribution in [0.2, 0.25) is 0 Å². The molecule has 0 bridgehead atoms. The Labute approximate surface area is 419 Å². The van der Waals surface area contributed by atoms with Crippen molar-refractivity contribution < 1.29 is 4.74 Å². The third kappa shape index (κ3) is 9.25. The van der Waals surface area contributed by atoms with Crippen molar-refractivity contribution in [1.82, 2.24) is 9.55 Å². The number of anilines is 4. The molecule has 0 saturated heterocycles. The number of fused-ring (bicyclic) bond motifs is 4. The van der Waals surface area contributed by atoms with Gasteiger partial charge in [-0.15, -0.1) is 0 Å². The van der Waals surface area contributed by atoms with Gasteiger partial charge in [-0.3, -0.25) is 4.57 Å². The molecule has 1 aliphatic heterocycles. The lowest BCUT2D eigenvalue weighted by molar-refractivity contribution is 0.479. The first-order valence-electron chi connectivity index (χ1n) is 25.4. The average molecular weight is 929 g/mol. The van der Waals surface area contributed by atoms with E-state index in [0.29, 0.717) is 6.67 Å². The van der Waals surface area contributed by atoms with E-state index in [0.717, 1.165) is 34.0 Å². The number of ether oxygens (including phenoxy) is 1. The monoisotopic (exact) mass is 929 g/mol. The lowest BCUT2D eigenvalue weighted by Gasteiger charge is -2.30. The molecule has 5 nitrogen and oxygen atoms in total. The van der Waals surface area contributed by atoms with Crippen molar-refractivity contribution in [3.05, 3.63) is 179 Å². The topological polar surface area (TPSA) is 33.5 Å². The fraction of sp³-hybridized carbons (Fsp3) is 0.369. The van der Waals surface area contributed by atoms with Gasteiger partial charge in [0.1, 0.15) is 24.0 Å². The van der Waals surface area contributed by atoms with Gasteiger partial charge in [-0.05, 0) is 139 Å². The third-order valence-electron chi connectivity index (χ3n) is 14.8. The van der Waals surface area contributed by atoms with Crippen LogP contribution in [-0.2, 0) is 32.5 Å². The van der Waals surface area contributed by atoms with E-state index < -0.39 is 0 Å². The smallest absolute Gasteiger partial charge is 0.137 e. The highest BCUT2D eigenvalue weighted by Gasteiger charge is 2.34. The van der Waals surface area contributed by atoms with E-state index in [1.807, 2.05) is 6.20 Å². The van der Waals surface area contributed by atoms with Crippen LogP contribution in [0.5, 0.6) is 11.5 Å². The number of hydrogen-bond acceptors (Lipinski definition) is 4. The molecule has 362 valence electrons. The van der Waals surface area contributed by atoms with Gasteiger partial charge in [-0.2, -0.15) is 0 Å². The van der Waals surface area contributed by atoms with Crippen molar-refractivity contribution in [2.24, 2.45) is 0 Å². The van der Waals surface area contributed by atoms with Gasteiger partial charge >= 0.3 is 0 Å². The number of rotatable bonds is 7. The van der Waals surface area contributed by atoms with E-state index in [1.54, 1.807) is 0 Å². The molecule has 0 N–H and O–H groups in total. The fourth-order valence-electron chi connectivity index (χ4n) is 9.90. The Morgan fingerprint density at radius 3 is 1.56 bits per heavy atom. The predicted molar refractivity (Wildman–Crippen MR) is 299 cm³/mol. The maximum atomic E-state index is 7.11. The molecule has 5 heteroatoms. The minimum atomic E-state index is -0.209. The molecule has 0 spiro atoms. The quantitative estimate of drug-likeness (QED) is 0.159. The standard InChI is InChI=1S/C65H76N4O/c1-60(2,3)43-23-27-55-54(36-43)53-26-25-51(40-57(53)69(55)59-38-44(29-30-66-59)61(4,5)6)70-52-35-48(64(13,14)15)34-50(39-52)67-41-68(49-32-46(62(7,8)9)31-47(33-49)63(10,11)12)58-37-45(24-28-56(58)67)65(16,17)42-21-19-18-20-22-42/h18-40H,41H2,1-17H3. The van der Waals surface area contributed by atoms with Gasteiger partial charge in [-0.25, -0.2) is 4.98 Å². The molecule has 0 fully saturated rings. The molecule has 0 saturated carbocycles. The molecule has 0 amide bonds. The highest BCUT2D eigenvalue weighted by Crippen LogP contribution is 2.50. The Morgan fingerprint density at radius 1 is 0.386 bits per heavy atom. The molecular weight excluding hydrogens is 853 g/mol. The van der Waals surface area contributed by atoms with Crippen molar-refractivity contribution in [2.75, 3.05) is 16.5 Å².